The molecule has 0 aliphatic heterocycles. The van der Waals surface area contributed by atoms with E-state index < -0.39 is 0 Å². The zero-order valence-electron chi connectivity index (χ0n) is 9.75. The molecule has 0 saturated heterocycles. The second kappa shape index (κ2) is 4.16. The second-order valence-corrected chi connectivity index (χ2v) is 4.49. The number of anilines is 1. The first-order chi connectivity index (χ1) is 7.66. The Hall–Kier alpha value is -1.51. The Morgan fingerprint density at radius 2 is 2.00 bits per heavy atom. The fourth-order valence-corrected chi connectivity index (χ4v) is 1.76. The number of rotatable bonds is 4. The number of carbonyl (C=O) groups is 1. The number of ether oxygens (including phenoxy) is 1. The zero-order chi connectivity index (χ0) is 11.6. The fraction of sp³-hybridized carbons (Fsp3) is 0.462. The quantitative estimate of drug-likeness (QED) is 0.790. The number of nitrogens with one attached hydrogen (secondary N) is 1. The van der Waals surface area contributed by atoms with Crippen LogP contribution in [-0.4, -0.2) is 19.6 Å². The summed E-state index contributed by atoms with van der Waals surface area (Å²) < 4.78 is 4.81. The van der Waals surface area contributed by atoms with Crippen LogP contribution in [0.1, 0.15) is 18.4 Å². The van der Waals surface area contributed by atoms with Gasteiger partial charge in [0, 0.05) is 12.2 Å². The van der Waals surface area contributed by atoms with E-state index in [-0.39, 0.29) is 11.4 Å². The monoisotopic (exact) mass is 219 g/mol. The van der Waals surface area contributed by atoms with E-state index in [9.17, 15) is 4.79 Å². The third-order valence-corrected chi connectivity index (χ3v) is 3.15. The van der Waals surface area contributed by atoms with E-state index in [1.165, 1.54) is 12.7 Å². The first kappa shape index (κ1) is 11.0. The van der Waals surface area contributed by atoms with E-state index in [1.54, 1.807) is 0 Å². The van der Waals surface area contributed by atoms with E-state index in [2.05, 4.69) is 24.4 Å². The van der Waals surface area contributed by atoms with Gasteiger partial charge in [-0.3, -0.25) is 4.79 Å². The molecule has 1 aliphatic carbocycles. The maximum Gasteiger partial charge on any atom is 0.313 e. The SMILES string of the molecule is COC(=O)C1(CNc2ccc(C)cc2)CC1. The van der Waals surface area contributed by atoms with Crippen molar-refractivity contribution in [3.63, 3.8) is 0 Å². The van der Waals surface area contributed by atoms with Gasteiger partial charge in [-0.1, -0.05) is 17.7 Å². The lowest BCUT2D eigenvalue weighted by Crippen LogP contribution is -2.25. The predicted molar refractivity (Wildman–Crippen MR) is 63.4 cm³/mol. The minimum Gasteiger partial charge on any atom is -0.469 e. The summed E-state index contributed by atoms with van der Waals surface area (Å²) in [6, 6.07) is 8.17. The summed E-state index contributed by atoms with van der Waals surface area (Å²) in [4.78, 5) is 11.5. The number of aryl methyl sites for hydroxylation is 1. The van der Waals surface area contributed by atoms with Crippen molar-refractivity contribution in [3.8, 4) is 0 Å². The minimum atomic E-state index is -0.264. The normalized spacial score (nSPS) is 16.6. The number of hydrogen-bond acceptors (Lipinski definition) is 3. The van der Waals surface area contributed by atoms with Crippen LogP contribution in [0.25, 0.3) is 0 Å². The van der Waals surface area contributed by atoms with Crippen LogP contribution in [0.3, 0.4) is 0 Å². The highest BCUT2D eigenvalue weighted by Gasteiger charge is 2.50. The van der Waals surface area contributed by atoms with Crippen molar-refractivity contribution >= 4 is 11.7 Å². The van der Waals surface area contributed by atoms with Gasteiger partial charge in [0.05, 0.1) is 12.5 Å². The fourth-order valence-electron chi connectivity index (χ4n) is 1.76. The standard InChI is InChI=1S/C13H17NO2/c1-10-3-5-11(6-4-10)14-9-13(7-8-13)12(15)16-2/h3-6,14H,7-9H2,1-2H3. The Kier molecular flexibility index (Phi) is 2.86. The molecule has 1 aliphatic rings. The van der Waals surface area contributed by atoms with Gasteiger partial charge in [0.15, 0.2) is 0 Å². The van der Waals surface area contributed by atoms with E-state index in [0.717, 1.165) is 18.5 Å². The zero-order valence-corrected chi connectivity index (χ0v) is 9.75. The summed E-state index contributed by atoms with van der Waals surface area (Å²) in [6.07, 6.45) is 1.86. The third-order valence-electron chi connectivity index (χ3n) is 3.15. The van der Waals surface area contributed by atoms with Gasteiger partial charge in [0.1, 0.15) is 0 Å². The van der Waals surface area contributed by atoms with E-state index >= 15 is 0 Å². The van der Waals surface area contributed by atoms with Crippen molar-refractivity contribution in [1.29, 1.82) is 0 Å². The Morgan fingerprint density at radius 3 is 2.50 bits per heavy atom. The van der Waals surface area contributed by atoms with E-state index in [1.807, 2.05) is 12.1 Å². The molecule has 0 spiro atoms. The third kappa shape index (κ3) is 2.18. The molecule has 16 heavy (non-hydrogen) atoms. The number of hydrogen-bond donors (Lipinski definition) is 1. The Labute approximate surface area is 95.8 Å². The molecule has 0 amide bonds. The molecule has 1 aromatic carbocycles. The first-order valence-corrected chi connectivity index (χ1v) is 5.55. The molecule has 1 fully saturated rings. The van der Waals surface area contributed by atoms with Gasteiger partial charge in [0.25, 0.3) is 0 Å². The molecule has 3 nitrogen and oxygen atoms in total. The summed E-state index contributed by atoms with van der Waals surface area (Å²) in [5, 5.41) is 3.29. The van der Waals surface area contributed by atoms with Gasteiger partial charge in [0.2, 0.25) is 0 Å². The average Bonchev–Trinajstić information content (AvgIpc) is 3.08. The molecule has 0 aromatic heterocycles. The van der Waals surface area contributed by atoms with Gasteiger partial charge < -0.3 is 10.1 Å². The van der Waals surface area contributed by atoms with Crippen LogP contribution < -0.4 is 5.32 Å². The van der Waals surface area contributed by atoms with E-state index in [0.29, 0.717) is 6.54 Å². The van der Waals surface area contributed by atoms with Crippen molar-refractivity contribution in [2.45, 2.75) is 19.8 Å². The molecular weight excluding hydrogens is 202 g/mol. The van der Waals surface area contributed by atoms with Gasteiger partial charge in [-0.25, -0.2) is 0 Å². The largest absolute Gasteiger partial charge is 0.469 e. The van der Waals surface area contributed by atoms with Crippen molar-refractivity contribution in [1.82, 2.24) is 0 Å². The Balaban J connectivity index is 1.93. The summed E-state index contributed by atoms with van der Waals surface area (Å²) >= 11 is 0. The van der Waals surface area contributed by atoms with Gasteiger partial charge >= 0.3 is 5.97 Å². The smallest absolute Gasteiger partial charge is 0.313 e. The van der Waals surface area contributed by atoms with Crippen LogP contribution in [0.4, 0.5) is 5.69 Å². The van der Waals surface area contributed by atoms with E-state index in [4.69, 9.17) is 4.74 Å². The van der Waals surface area contributed by atoms with Crippen molar-refractivity contribution in [3.05, 3.63) is 29.8 Å². The molecule has 0 radical (unpaired) electrons. The van der Waals surface area contributed by atoms with Crippen LogP contribution >= 0.6 is 0 Å². The summed E-state index contributed by atoms with van der Waals surface area (Å²) in [6.45, 7) is 2.73. The maximum absolute atomic E-state index is 11.5. The van der Waals surface area contributed by atoms with Crippen LogP contribution in [-0.2, 0) is 9.53 Å². The Bertz CT molecular complexity index is 379. The molecule has 86 valence electrons. The summed E-state index contributed by atoms with van der Waals surface area (Å²) in [5.41, 5.74) is 2.03. The molecule has 1 aromatic rings. The molecule has 0 heterocycles. The number of methoxy groups -OCH3 is 1. The molecular formula is C13H17NO2. The second-order valence-electron chi connectivity index (χ2n) is 4.49. The molecule has 0 bridgehead atoms. The summed E-state index contributed by atoms with van der Waals surface area (Å²) in [7, 11) is 1.45. The predicted octanol–water partition coefficient (Wildman–Crippen LogP) is 2.36. The van der Waals surface area contributed by atoms with Crippen LogP contribution in [0.2, 0.25) is 0 Å². The first-order valence-electron chi connectivity index (χ1n) is 5.55. The molecule has 3 heteroatoms. The lowest BCUT2D eigenvalue weighted by molar-refractivity contribution is -0.146. The molecule has 0 atom stereocenters. The molecule has 1 saturated carbocycles. The van der Waals surface area contributed by atoms with Gasteiger partial charge in [-0.05, 0) is 31.9 Å². The van der Waals surface area contributed by atoms with Crippen molar-refractivity contribution in [2.24, 2.45) is 5.41 Å². The Morgan fingerprint density at radius 1 is 1.38 bits per heavy atom. The van der Waals surface area contributed by atoms with Crippen LogP contribution in [0, 0.1) is 12.3 Å². The molecule has 0 unspecified atom stereocenters. The van der Waals surface area contributed by atoms with Crippen molar-refractivity contribution < 1.29 is 9.53 Å². The molecule has 1 N–H and O–H groups in total. The lowest BCUT2D eigenvalue weighted by Gasteiger charge is -2.14. The van der Waals surface area contributed by atoms with Gasteiger partial charge in [-0.15, -0.1) is 0 Å². The number of esters is 1. The van der Waals surface area contributed by atoms with Crippen molar-refractivity contribution in [2.75, 3.05) is 19.0 Å². The molecule has 2 rings (SSSR count). The number of carbonyl (C=O) groups excluding carboxylic acids is 1. The average molecular weight is 219 g/mol. The minimum absolute atomic E-state index is 0.0906. The lowest BCUT2D eigenvalue weighted by atomic mass is 10.1. The van der Waals surface area contributed by atoms with Crippen LogP contribution in [0.15, 0.2) is 24.3 Å². The van der Waals surface area contributed by atoms with Crippen LogP contribution in [0.5, 0.6) is 0 Å². The maximum atomic E-state index is 11.5. The number of benzene rings is 1. The van der Waals surface area contributed by atoms with Gasteiger partial charge in [-0.2, -0.15) is 0 Å². The topological polar surface area (TPSA) is 38.3 Å². The summed E-state index contributed by atoms with van der Waals surface area (Å²) in [5.74, 6) is -0.0906. The highest BCUT2D eigenvalue weighted by Crippen LogP contribution is 2.46. The highest BCUT2D eigenvalue weighted by molar-refractivity contribution is 5.80. The highest BCUT2D eigenvalue weighted by atomic mass is 16.5.